The lowest BCUT2D eigenvalue weighted by molar-refractivity contribution is -0.384. The number of carbonyl (C=O) groups excluding carboxylic acids is 1. The molecule has 0 aliphatic heterocycles. The van der Waals surface area contributed by atoms with Gasteiger partial charge in [0.2, 0.25) is 5.13 Å². The van der Waals surface area contributed by atoms with Crippen molar-refractivity contribution in [2.24, 2.45) is 0 Å². The molecule has 1 aromatic carbocycles. The van der Waals surface area contributed by atoms with Gasteiger partial charge in [0.25, 0.3) is 11.6 Å². The number of furan rings is 1. The van der Waals surface area contributed by atoms with E-state index in [4.69, 9.17) is 4.42 Å². The summed E-state index contributed by atoms with van der Waals surface area (Å²) in [5.74, 6) is -0.279. The van der Waals surface area contributed by atoms with Crippen LogP contribution in [0.5, 0.6) is 0 Å². The number of anilines is 1. The number of hydrogen-bond donors (Lipinski definition) is 1. The van der Waals surface area contributed by atoms with Crippen molar-refractivity contribution in [3.05, 3.63) is 58.5 Å². The van der Waals surface area contributed by atoms with Crippen molar-refractivity contribution in [1.29, 1.82) is 0 Å². The summed E-state index contributed by atoms with van der Waals surface area (Å²) in [6.07, 6.45) is 1.39. The van der Waals surface area contributed by atoms with Gasteiger partial charge in [-0.05, 0) is 12.1 Å². The summed E-state index contributed by atoms with van der Waals surface area (Å²) in [5, 5.41) is 21.8. The third-order valence-corrected chi connectivity index (χ3v) is 3.58. The van der Waals surface area contributed by atoms with Gasteiger partial charge in [0, 0.05) is 17.7 Å². The maximum absolute atomic E-state index is 11.8. The maximum Gasteiger partial charge on any atom is 0.293 e. The van der Waals surface area contributed by atoms with Gasteiger partial charge in [0.05, 0.1) is 11.2 Å². The Morgan fingerprint density at radius 2 is 2.14 bits per heavy atom. The van der Waals surface area contributed by atoms with Crippen molar-refractivity contribution in [2.45, 2.75) is 0 Å². The number of nitrogens with one attached hydrogen (secondary N) is 1. The average molecular weight is 316 g/mol. The van der Waals surface area contributed by atoms with Gasteiger partial charge >= 0.3 is 0 Å². The number of benzene rings is 1. The molecule has 0 fully saturated rings. The SMILES string of the molecule is O=C(Nc1nnc(-c2cccc([N+](=O)[O-])c2)s1)c1ccco1. The predicted octanol–water partition coefficient (Wildman–Crippen LogP) is 2.96. The molecule has 8 nitrogen and oxygen atoms in total. The van der Waals surface area contributed by atoms with Crippen LogP contribution in [-0.4, -0.2) is 21.0 Å². The van der Waals surface area contributed by atoms with Gasteiger partial charge in [0.15, 0.2) is 5.76 Å². The van der Waals surface area contributed by atoms with E-state index in [-0.39, 0.29) is 16.6 Å². The quantitative estimate of drug-likeness (QED) is 0.585. The molecule has 1 N–H and O–H groups in total. The van der Waals surface area contributed by atoms with Crippen molar-refractivity contribution in [3.8, 4) is 10.6 Å². The lowest BCUT2D eigenvalue weighted by Crippen LogP contribution is -2.10. The van der Waals surface area contributed by atoms with E-state index in [0.29, 0.717) is 10.6 Å². The molecule has 0 radical (unpaired) electrons. The highest BCUT2D eigenvalue weighted by Gasteiger charge is 2.14. The van der Waals surface area contributed by atoms with Crippen molar-refractivity contribution < 1.29 is 14.1 Å². The Balaban J connectivity index is 1.80. The first-order valence-electron chi connectivity index (χ1n) is 6.06. The standard InChI is InChI=1S/C13H8N4O4S/c18-11(10-5-2-6-21-10)14-13-16-15-12(22-13)8-3-1-4-9(7-8)17(19)20/h1-7H,(H,14,16,18). The molecule has 0 aliphatic rings. The topological polar surface area (TPSA) is 111 Å². The fraction of sp³-hybridized carbons (Fsp3) is 0. The molecule has 0 saturated carbocycles. The minimum absolute atomic E-state index is 0.0335. The van der Waals surface area contributed by atoms with E-state index >= 15 is 0 Å². The molecule has 2 heterocycles. The van der Waals surface area contributed by atoms with Crippen molar-refractivity contribution in [3.63, 3.8) is 0 Å². The van der Waals surface area contributed by atoms with Gasteiger partial charge < -0.3 is 4.42 Å². The van der Waals surface area contributed by atoms with E-state index in [0.717, 1.165) is 11.3 Å². The molecule has 0 unspecified atom stereocenters. The Labute approximate surface area is 127 Å². The lowest BCUT2D eigenvalue weighted by Gasteiger charge is -1.96. The van der Waals surface area contributed by atoms with Crippen LogP contribution in [0, 0.1) is 10.1 Å². The Kier molecular flexibility index (Phi) is 3.62. The summed E-state index contributed by atoms with van der Waals surface area (Å²) < 4.78 is 4.97. The number of carbonyl (C=O) groups is 1. The summed E-state index contributed by atoms with van der Waals surface area (Å²) in [4.78, 5) is 22.1. The summed E-state index contributed by atoms with van der Waals surface area (Å²) in [7, 11) is 0. The molecule has 22 heavy (non-hydrogen) atoms. The second kappa shape index (κ2) is 5.74. The number of non-ortho nitro benzene ring substituents is 1. The predicted molar refractivity (Wildman–Crippen MR) is 78.7 cm³/mol. The summed E-state index contributed by atoms with van der Waals surface area (Å²) in [6, 6.07) is 9.17. The van der Waals surface area contributed by atoms with Crippen LogP contribution < -0.4 is 5.32 Å². The van der Waals surface area contributed by atoms with Crippen LogP contribution in [0.1, 0.15) is 10.6 Å². The number of nitro benzene ring substituents is 1. The van der Waals surface area contributed by atoms with E-state index in [2.05, 4.69) is 15.5 Å². The minimum atomic E-state index is -0.482. The van der Waals surface area contributed by atoms with Gasteiger partial charge in [0.1, 0.15) is 5.01 Å². The second-order valence-electron chi connectivity index (χ2n) is 4.15. The fourth-order valence-corrected chi connectivity index (χ4v) is 2.44. The summed E-state index contributed by atoms with van der Waals surface area (Å²) in [6.45, 7) is 0. The minimum Gasteiger partial charge on any atom is -0.459 e. The Bertz CT molecular complexity index is 828. The van der Waals surface area contributed by atoms with Crippen molar-refractivity contribution in [2.75, 3.05) is 5.32 Å². The molecular weight excluding hydrogens is 308 g/mol. The van der Waals surface area contributed by atoms with Crippen molar-refractivity contribution in [1.82, 2.24) is 10.2 Å². The molecule has 1 amide bonds. The van der Waals surface area contributed by atoms with Crippen LogP contribution in [0.25, 0.3) is 10.6 Å². The molecule has 0 saturated heterocycles. The Hall–Kier alpha value is -3.07. The lowest BCUT2D eigenvalue weighted by atomic mass is 10.2. The van der Waals surface area contributed by atoms with E-state index in [1.54, 1.807) is 18.2 Å². The van der Waals surface area contributed by atoms with Crippen LogP contribution >= 0.6 is 11.3 Å². The molecule has 3 rings (SSSR count). The van der Waals surface area contributed by atoms with Crippen molar-refractivity contribution >= 4 is 28.1 Å². The van der Waals surface area contributed by atoms with Gasteiger partial charge in [-0.2, -0.15) is 0 Å². The highest BCUT2D eigenvalue weighted by atomic mass is 32.1. The number of rotatable bonds is 4. The van der Waals surface area contributed by atoms with E-state index in [9.17, 15) is 14.9 Å². The normalized spacial score (nSPS) is 10.4. The molecule has 0 aliphatic carbocycles. The molecule has 3 aromatic rings. The monoisotopic (exact) mass is 316 g/mol. The highest BCUT2D eigenvalue weighted by molar-refractivity contribution is 7.18. The molecule has 0 spiro atoms. The molecular formula is C13H8N4O4S. The molecule has 9 heteroatoms. The third-order valence-electron chi connectivity index (χ3n) is 2.69. The zero-order chi connectivity index (χ0) is 15.5. The molecule has 0 bridgehead atoms. The second-order valence-corrected chi connectivity index (χ2v) is 5.13. The Morgan fingerprint density at radius 3 is 2.86 bits per heavy atom. The van der Waals surface area contributed by atoms with Crippen LogP contribution in [-0.2, 0) is 0 Å². The zero-order valence-corrected chi connectivity index (χ0v) is 11.7. The van der Waals surface area contributed by atoms with Crippen LogP contribution in [0.2, 0.25) is 0 Å². The summed E-state index contributed by atoms with van der Waals surface area (Å²) >= 11 is 1.11. The Morgan fingerprint density at radius 1 is 1.27 bits per heavy atom. The van der Waals surface area contributed by atoms with Crippen LogP contribution in [0.4, 0.5) is 10.8 Å². The number of nitrogens with zero attached hydrogens (tertiary/aromatic N) is 3. The van der Waals surface area contributed by atoms with Crippen LogP contribution in [0.3, 0.4) is 0 Å². The number of nitro groups is 1. The fourth-order valence-electron chi connectivity index (χ4n) is 1.71. The molecule has 2 aromatic heterocycles. The zero-order valence-electron chi connectivity index (χ0n) is 10.9. The third kappa shape index (κ3) is 2.83. The highest BCUT2D eigenvalue weighted by Crippen LogP contribution is 2.28. The largest absolute Gasteiger partial charge is 0.459 e. The van der Waals surface area contributed by atoms with Gasteiger partial charge in [-0.25, -0.2) is 0 Å². The van der Waals surface area contributed by atoms with E-state index < -0.39 is 10.8 Å². The van der Waals surface area contributed by atoms with Crippen LogP contribution in [0.15, 0.2) is 47.1 Å². The molecule has 110 valence electrons. The first-order chi connectivity index (χ1) is 10.6. The van der Waals surface area contributed by atoms with E-state index in [1.807, 2.05) is 0 Å². The number of amides is 1. The van der Waals surface area contributed by atoms with Gasteiger partial charge in [-0.15, -0.1) is 10.2 Å². The van der Waals surface area contributed by atoms with Gasteiger partial charge in [-0.3, -0.25) is 20.2 Å². The maximum atomic E-state index is 11.8. The average Bonchev–Trinajstić information content (AvgIpc) is 3.19. The first-order valence-corrected chi connectivity index (χ1v) is 6.88. The number of hydrogen-bond acceptors (Lipinski definition) is 7. The first kappa shape index (κ1) is 13.9. The smallest absolute Gasteiger partial charge is 0.293 e. The number of aromatic nitrogens is 2. The molecule has 0 atom stereocenters. The van der Waals surface area contributed by atoms with Gasteiger partial charge in [-0.1, -0.05) is 23.5 Å². The van der Waals surface area contributed by atoms with E-state index in [1.165, 1.54) is 24.5 Å². The summed E-state index contributed by atoms with van der Waals surface area (Å²) in [5.41, 5.74) is 0.527.